The number of aliphatic carboxylic acids is 1. The Bertz CT molecular complexity index is 461. The van der Waals surface area contributed by atoms with Gasteiger partial charge in [0.05, 0.1) is 18.2 Å². The van der Waals surface area contributed by atoms with E-state index in [9.17, 15) is 9.59 Å². The monoisotopic (exact) mass is 262 g/mol. The van der Waals surface area contributed by atoms with Crippen LogP contribution in [0, 0.1) is 11.8 Å². The smallest absolute Gasteiger partial charge is 0.306 e. The molecule has 2 atom stereocenters. The van der Waals surface area contributed by atoms with E-state index >= 15 is 0 Å². The lowest BCUT2D eigenvalue weighted by Gasteiger charge is -2.20. The lowest BCUT2D eigenvalue weighted by Crippen LogP contribution is -2.32. The number of carbonyl (C=O) groups excluding carboxylic acids is 1. The van der Waals surface area contributed by atoms with Gasteiger partial charge >= 0.3 is 5.97 Å². The van der Waals surface area contributed by atoms with E-state index in [1.807, 2.05) is 18.2 Å². The molecule has 1 aromatic rings. The minimum absolute atomic E-state index is 0.0226. The van der Waals surface area contributed by atoms with Crippen LogP contribution >= 0.6 is 0 Å². The van der Waals surface area contributed by atoms with Crippen molar-refractivity contribution in [1.29, 1.82) is 0 Å². The van der Waals surface area contributed by atoms with Crippen LogP contribution in [-0.4, -0.2) is 33.9 Å². The fourth-order valence-corrected chi connectivity index (χ4v) is 2.55. The van der Waals surface area contributed by atoms with Crippen LogP contribution in [0.4, 0.5) is 0 Å². The Kier molecular flexibility index (Phi) is 4.14. The second-order valence-corrected chi connectivity index (χ2v) is 5.06. The molecule has 0 aliphatic heterocycles. The molecular formula is C14H18N2O3. The number of carbonyl (C=O) groups is 2. The zero-order chi connectivity index (χ0) is 13.8. The van der Waals surface area contributed by atoms with Gasteiger partial charge in [0.1, 0.15) is 0 Å². The lowest BCUT2D eigenvalue weighted by molar-refractivity contribution is -0.141. The molecule has 102 valence electrons. The maximum absolute atomic E-state index is 12.2. The number of carboxylic acid groups (broad SMARTS) is 1. The number of carboxylic acids is 1. The van der Waals surface area contributed by atoms with Gasteiger partial charge in [0.25, 0.3) is 0 Å². The maximum atomic E-state index is 12.2. The first-order valence-electron chi connectivity index (χ1n) is 6.45. The summed E-state index contributed by atoms with van der Waals surface area (Å²) in [5.41, 5.74) is 0.839. The molecule has 0 aromatic carbocycles. The Morgan fingerprint density at radius 1 is 1.37 bits per heavy atom. The van der Waals surface area contributed by atoms with Gasteiger partial charge in [0.15, 0.2) is 0 Å². The molecule has 0 radical (unpaired) electrons. The van der Waals surface area contributed by atoms with Gasteiger partial charge in [0, 0.05) is 19.2 Å². The molecule has 1 heterocycles. The van der Waals surface area contributed by atoms with E-state index in [0.717, 1.165) is 5.69 Å². The molecule has 0 unspecified atom stereocenters. The predicted molar refractivity (Wildman–Crippen MR) is 69.2 cm³/mol. The summed E-state index contributed by atoms with van der Waals surface area (Å²) >= 11 is 0. The van der Waals surface area contributed by atoms with Crippen molar-refractivity contribution >= 4 is 11.9 Å². The molecule has 1 aromatic heterocycles. The van der Waals surface area contributed by atoms with Crippen molar-refractivity contribution in [3.63, 3.8) is 0 Å². The summed E-state index contributed by atoms with van der Waals surface area (Å²) in [5, 5.41) is 8.95. The first kappa shape index (κ1) is 13.5. The highest BCUT2D eigenvalue weighted by Gasteiger charge is 2.35. The molecule has 1 fully saturated rings. The Morgan fingerprint density at radius 2 is 2.11 bits per heavy atom. The molecule has 0 bridgehead atoms. The Morgan fingerprint density at radius 3 is 2.68 bits per heavy atom. The standard InChI is InChI=1S/C14H18N2O3/c1-16(9-12-4-2-3-7-15-12)13(17)10-5-6-11(8-10)14(18)19/h2-4,7,10-11H,5-6,8-9H2,1H3,(H,18,19)/t10-,11+/m1/s1. The molecule has 1 aliphatic rings. The zero-order valence-electron chi connectivity index (χ0n) is 11.0. The van der Waals surface area contributed by atoms with E-state index in [4.69, 9.17) is 5.11 Å². The number of rotatable bonds is 4. The van der Waals surface area contributed by atoms with E-state index in [1.54, 1.807) is 18.1 Å². The molecule has 19 heavy (non-hydrogen) atoms. The average Bonchev–Trinajstić information content (AvgIpc) is 2.88. The minimum Gasteiger partial charge on any atom is -0.481 e. The highest BCUT2D eigenvalue weighted by Crippen LogP contribution is 2.32. The molecule has 1 amide bonds. The van der Waals surface area contributed by atoms with E-state index in [2.05, 4.69) is 4.98 Å². The molecule has 2 rings (SSSR count). The summed E-state index contributed by atoms with van der Waals surface area (Å²) in [6.07, 6.45) is 3.43. The van der Waals surface area contributed by atoms with Crippen molar-refractivity contribution in [1.82, 2.24) is 9.88 Å². The topological polar surface area (TPSA) is 70.5 Å². The normalized spacial score (nSPS) is 22.2. The Labute approximate surface area is 112 Å². The fourth-order valence-electron chi connectivity index (χ4n) is 2.55. The van der Waals surface area contributed by atoms with Gasteiger partial charge in [-0.25, -0.2) is 0 Å². The molecule has 0 saturated heterocycles. The van der Waals surface area contributed by atoms with Crippen molar-refractivity contribution in [2.45, 2.75) is 25.8 Å². The number of pyridine rings is 1. The number of hydrogen-bond donors (Lipinski definition) is 1. The Balaban J connectivity index is 1.91. The van der Waals surface area contributed by atoms with E-state index < -0.39 is 5.97 Å². The SMILES string of the molecule is CN(Cc1ccccn1)C(=O)[C@@H]1CC[C@H](C(=O)O)C1. The first-order chi connectivity index (χ1) is 9.08. The molecule has 1 saturated carbocycles. The summed E-state index contributed by atoms with van der Waals surface area (Å²) in [6, 6.07) is 5.59. The summed E-state index contributed by atoms with van der Waals surface area (Å²) < 4.78 is 0. The van der Waals surface area contributed by atoms with Crippen molar-refractivity contribution < 1.29 is 14.7 Å². The van der Waals surface area contributed by atoms with Gasteiger partial charge in [-0.3, -0.25) is 14.6 Å². The molecule has 5 heteroatoms. The van der Waals surface area contributed by atoms with Crippen LogP contribution in [0.3, 0.4) is 0 Å². The summed E-state index contributed by atoms with van der Waals surface area (Å²) in [5.74, 6) is -1.29. The fraction of sp³-hybridized carbons (Fsp3) is 0.500. The van der Waals surface area contributed by atoms with Gasteiger partial charge < -0.3 is 10.0 Å². The van der Waals surface area contributed by atoms with E-state index in [1.165, 1.54) is 0 Å². The van der Waals surface area contributed by atoms with Gasteiger partial charge in [-0.1, -0.05) is 6.07 Å². The third kappa shape index (κ3) is 3.30. The van der Waals surface area contributed by atoms with Crippen molar-refractivity contribution in [3.8, 4) is 0 Å². The number of aromatic nitrogens is 1. The minimum atomic E-state index is -0.789. The number of nitrogens with zero attached hydrogens (tertiary/aromatic N) is 2. The van der Waals surface area contributed by atoms with Crippen LogP contribution in [0.25, 0.3) is 0 Å². The highest BCUT2D eigenvalue weighted by atomic mass is 16.4. The van der Waals surface area contributed by atoms with Crippen molar-refractivity contribution in [2.24, 2.45) is 11.8 Å². The summed E-state index contributed by atoms with van der Waals surface area (Å²) in [6.45, 7) is 0.466. The van der Waals surface area contributed by atoms with Crippen LogP contribution in [-0.2, 0) is 16.1 Å². The van der Waals surface area contributed by atoms with E-state index in [-0.39, 0.29) is 17.7 Å². The van der Waals surface area contributed by atoms with Crippen LogP contribution in [0.5, 0.6) is 0 Å². The maximum Gasteiger partial charge on any atom is 0.306 e. The van der Waals surface area contributed by atoms with Gasteiger partial charge in [-0.15, -0.1) is 0 Å². The number of amides is 1. The average molecular weight is 262 g/mol. The number of hydrogen-bond acceptors (Lipinski definition) is 3. The van der Waals surface area contributed by atoms with Gasteiger partial charge in [-0.2, -0.15) is 0 Å². The third-order valence-corrected chi connectivity index (χ3v) is 3.63. The van der Waals surface area contributed by atoms with Gasteiger partial charge in [0.2, 0.25) is 5.91 Å². The molecule has 0 spiro atoms. The van der Waals surface area contributed by atoms with Crippen LogP contribution in [0.1, 0.15) is 25.0 Å². The summed E-state index contributed by atoms with van der Waals surface area (Å²) in [4.78, 5) is 28.9. The Hall–Kier alpha value is -1.91. The second kappa shape index (κ2) is 5.82. The largest absolute Gasteiger partial charge is 0.481 e. The van der Waals surface area contributed by atoms with Gasteiger partial charge in [-0.05, 0) is 31.4 Å². The second-order valence-electron chi connectivity index (χ2n) is 5.06. The van der Waals surface area contributed by atoms with Crippen LogP contribution < -0.4 is 0 Å². The first-order valence-corrected chi connectivity index (χ1v) is 6.45. The highest BCUT2D eigenvalue weighted by molar-refractivity contribution is 5.80. The quantitative estimate of drug-likeness (QED) is 0.893. The van der Waals surface area contributed by atoms with Crippen molar-refractivity contribution in [2.75, 3.05) is 7.05 Å². The van der Waals surface area contributed by atoms with E-state index in [0.29, 0.717) is 25.8 Å². The lowest BCUT2D eigenvalue weighted by atomic mass is 10.0. The van der Waals surface area contributed by atoms with Crippen LogP contribution in [0.2, 0.25) is 0 Å². The third-order valence-electron chi connectivity index (χ3n) is 3.63. The van der Waals surface area contributed by atoms with Crippen molar-refractivity contribution in [3.05, 3.63) is 30.1 Å². The molecule has 1 aliphatic carbocycles. The summed E-state index contributed by atoms with van der Waals surface area (Å²) in [7, 11) is 1.74. The molecular weight excluding hydrogens is 244 g/mol. The predicted octanol–water partition coefficient (Wildman–Crippen LogP) is 1.54. The molecule has 5 nitrogen and oxygen atoms in total. The van der Waals surface area contributed by atoms with Crippen LogP contribution in [0.15, 0.2) is 24.4 Å². The molecule has 1 N–H and O–H groups in total. The zero-order valence-corrected chi connectivity index (χ0v) is 11.0.